The van der Waals surface area contributed by atoms with Crippen LogP contribution in [0.3, 0.4) is 0 Å². The smallest absolute Gasteiger partial charge is 0.246 e. The molecule has 2 fully saturated rings. The van der Waals surface area contributed by atoms with E-state index in [0.29, 0.717) is 37.4 Å². The summed E-state index contributed by atoms with van der Waals surface area (Å²) in [6.07, 6.45) is 11.0. The summed E-state index contributed by atoms with van der Waals surface area (Å²) in [4.78, 5) is 43.8. The second-order valence-electron chi connectivity index (χ2n) is 7.64. The lowest BCUT2D eigenvalue weighted by molar-refractivity contribution is -0.118. The molecule has 2 aliphatic heterocycles. The fourth-order valence-corrected chi connectivity index (χ4v) is 4.41. The van der Waals surface area contributed by atoms with Crippen molar-refractivity contribution in [3.63, 3.8) is 0 Å². The normalized spacial score (nSPS) is 20.4. The number of amides is 2. The Bertz CT molecular complexity index is 934. The molecule has 0 bridgehead atoms. The molecule has 2 aromatic rings. The molecule has 1 aliphatic carbocycles. The van der Waals surface area contributed by atoms with Crippen LogP contribution in [-0.2, 0) is 9.59 Å². The van der Waals surface area contributed by atoms with Crippen molar-refractivity contribution < 1.29 is 9.59 Å². The summed E-state index contributed by atoms with van der Waals surface area (Å²) in [7, 11) is 1.77. The summed E-state index contributed by atoms with van der Waals surface area (Å²) in [5.41, 5.74) is 0.728. The van der Waals surface area contributed by atoms with Crippen LogP contribution in [-0.4, -0.2) is 57.5 Å². The van der Waals surface area contributed by atoms with Crippen LogP contribution in [0.15, 0.2) is 18.6 Å². The van der Waals surface area contributed by atoms with Gasteiger partial charge in [-0.3, -0.25) is 19.1 Å². The predicted molar refractivity (Wildman–Crippen MR) is 104 cm³/mol. The van der Waals surface area contributed by atoms with Gasteiger partial charge < -0.3 is 9.80 Å². The van der Waals surface area contributed by atoms with E-state index in [0.717, 1.165) is 30.8 Å². The Morgan fingerprint density at radius 1 is 1.07 bits per heavy atom. The number of rotatable bonds is 3. The first-order valence-electron chi connectivity index (χ1n) is 9.88. The fraction of sp³-hybridized carbons (Fsp3) is 0.526. The van der Waals surface area contributed by atoms with Crippen LogP contribution < -0.4 is 14.7 Å². The minimum atomic E-state index is 0.0572. The topological polar surface area (TPSA) is 87.5 Å². The minimum Gasteiger partial charge on any atom is -0.342 e. The summed E-state index contributed by atoms with van der Waals surface area (Å²) < 4.78 is 1.76. The highest BCUT2D eigenvalue weighted by atomic mass is 16.2. The van der Waals surface area contributed by atoms with E-state index in [1.807, 2.05) is 0 Å². The Labute approximate surface area is 163 Å². The van der Waals surface area contributed by atoms with Crippen LogP contribution in [0.4, 0.5) is 17.5 Å². The number of anilines is 3. The number of carbonyl (C=O) groups excluding carboxylic acids is 2. The quantitative estimate of drug-likeness (QED) is 0.801. The standard InChI is InChI=1S/C19H23N7O2/c1-23-14-11-21-18(25-10-8-20-19(25)24-9-4-7-15(24)27)22-17(14)26(12-16(23)28)13-5-2-3-6-13/h8,10-11,13H,2-7,9,12H2,1H3. The third kappa shape index (κ3) is 2.64. The van der Waals surface area contributed by atoms with Gasteiger partial charge in [-0.25, -0.2) is 9.97 Å². The van der Waals surface area contributed by atoms with Gasteiger partial charge in [0.25, 0.3) is 0 Å². The Balaban J connectivity index is 1.57. The van der Waals surface area contributed by atoms with Crippen molar-refractivity contribution in [2.24, 2.45) is 0 Å². The van der Waals surface area contributed by atoms with Crippen LogP contribution in [0.5, 0.6) is 0 Å². The molecule has 0 atom stereocenters. The maximum atomic E-state index is 12.5. The Morgan fingerprint density at radius 2 is 1.89 bits per heavy atom. The zero-order chi connectivity index (χ0) is 19.3. The van der Waals surface area contributed by atoms with Gasteiger partial charge >= 0.3 is 0 Å². The first-order chi connectivity index (χ1) is 13.6. The largest absolute Gasteiger partial charge is 0.342 e. The van der Waals surface area contributed by atoms with E-state index in [4.69, 9.17) is 4.98 Å². The lowest BCUT2D eigenvalue weighted by atomic mass is 10.1. The molecule has 0 unspecified atom stereocenters. The zero-order valence-electron chi connectivity index (χ0n) is 15.9. The van der Waals surface area contributed by atoms with E-state index in [2.05, 4.69) is 14.9 Å². The SMILES string of the molecule is CN1C(=O)CN(C2CCCC2)c2nc(-n3ccnc3N3CCCC3=O)ncc21. The average Bonchev–Trinajstić information content (AvgIpc) is 3.45. The molecule has 2 amide bonds. The van der Waals surface area contributed by atoms with E-state index in [1.165, 1.54) is 12.8 Å². The van der Waals surface area contributed by atoms with Gasteiger partial charge in [0, 0.05) is 38.4 Å². The van der Waals surface area contributed by atoms with E-state index in [1.54, 1.807) is 40.0 Å². The molecule has 2 aromatic heterocycles. The molecule has 9 heteroatoms. The second-order valence-corrected chi connectivity index (χ2v) is 7.64. The molecule has 0 aromatic carbocycles. The molecule has 4 heterocycles. The first-order valence-corrected chi connectivity index (χ1v) is 9.88. The number of hydrogen-bond acceptors (Lipinski definition) is 6. The van der Waals surface area contributed by atoms with Gasteiger partial charge in [0.05, 0.1) is 12.7 Å². The number of nitrogens with zero attached hydrogens (tertiary/aromatic N) is 7. The van der Waals surface area contributed by atoms with Gasteiger partial charge in [0.1, 0.15) is 5.69 Å². The van der Waals surface area contributed by atoms with Gasteiger partial charge in [0.15, 0.2) is 5.82 Å². The van der Waals surface area contributed by atoms with Crippen LogP contribution in [0.1, 0.15) is 38.5 Å². The third-order valence-corrected chi connectivity index (χ3v) is 5.97. The second kappa shape index (κ2) is 6.57. The van der Waals surface area contributed by atoms with Crippen molar-refractivity contribution in [1.29, 1.82) is 0 Å². The third-order valence-electron chi connectivity index (χ3n) is 5.97. The summed E-state index contributed by atoms with van der Waals surface area (Å²) in [6.45, 7) is 0.998. The fourth-order valence-electron chi connectivity index (χ4n) is 4.41. The molecular weight excluding hydrogens is 358 g/mol. The molecule has 0 N–H and O–H groups in total. The summed E-state index contributed by atoms with van der Waals surface area (Å²) in [6, 6.07) is 0.335. The highest BCUT2D eigenvalue weighted by Crippen LogP contribution is 2.36. The molecule has 0 radical (unpaired) electrons. The van der Waals surface area contributed by atoms with Gasteiger partial charge in [-0.2, -0.15) is 4.98 Å². The molecule has 1 saturated heterocycles. The van der Waals surface area contributed by atoms with Gasteiger partial charge in [-0.1, -0.05) is 12.8 Å². The highest BCUT2D eigenvalue weighted by molar-refractivity contribution is 6.02. The Hall–Kier alpha value is -2.97. The number of aromatic nitrogens is 4. The first kappa shape index (κ1) is 17.2. The van der Waals surface area contributed by atoms with Crippen LogP contribution >= 0.6 is 0 Å². The maximum Gasteiger partial charge on any atom is 0.246 e. The van der Waals surface area contributed by atoms with Crippen LogP contribution in [0.25, 0.3) is 5.95 Å². The van der Waals surface area contributed by atoms with Crippen molar-refractivity contribution >= 4 is 29.3 Å². The zero-order valence-corrected chi connectivity index (χ0v) is 15.9. The summed E-state index contributed by atoms with van der Waals surface area (Å²) >= 11 is 0. The van der Waals surface area contributed by atoms with Gasteiger partial charge in [-0.15, -0.1) is 0 Å². The lowest BCUT2D eigenvalue weighted by Gasteiger charge is -2.37. The number of fused-ring (bicyclic) bond motifs is 1. The van der Waals surface area contributed by atoms with Crippen molar-refractivity contribution in [3.05, 3.63) is 18.6 Å². The molecule has 3 aliphatic rings. The number of carbonyl (C=O) groups is 2. The highest BCUT2D eigenvalue weighted by Gasteiger charge is 2.35. The maximum absolute atomic E-state index is 12.5. The Morgan fingerprint density at radius 3 is 2.64 bits per heavy atom. The Kier molecular flexibility index (Phi) is 4.03. The monoisotopic (exact) mass is 381 g/mol. The van der Waals surface area contributed by atoms with E-state index >= 15 is 0 Å². The van der Waals surface area contributed by atoms with E-state index in [9.17, 15) is 9.59 Å². The molecule has 146 valence electrons. The van der Waals surface area contributed by atoms with Gasteiger partial charge in [-0.05, 0) is 19.3 Å². The molecular formula is C19H23N7O2. The van der Waals surface area contributed by atoms with Gasteiger partial charge in [0.2, 0.25) is 23.7 Å². The number of imidazole rings is 1. The minimum absolute atomic E-state index is 0.0572. The van der Waals surface area contributed by atoms with Crippen molar-refractivity contribution in [2.75, 3.05) is 34.8 Å². The van der Waals surface area contributed by atoms with Crippen LogP contribution in [0.2, 0.25) is 0 Å². The number of hydrogen-bond donors (Lipinski definition) is 0. The predicted octanol–water partition coefficient (Wildman–Crippen LogP) is 1.51. The molecule has 1 saturated carbocycles. The lowest BCUT2D eigenvalue weighted by Crippen LogP contribution is -2.48. The average molecular weight is 381 g/mol. The summed E-state index contributed by atoms with van der Waals surface area (Å²) in [5, 5.41) is 0. The van der Waals surface area contributed by atoms with E-state index in [-0.39, 0.29) is 11.8 Å². The molecule has 5 rings (SSSR count). The molecule has 0 spiro atoms. The molecule has 9 nitrogen and oxygen atoms in total. The van der Waals surface area contributed by atoms with Crippen molar-refractivity contribution in [1.82, 2.24) is 19.5 Å². The molecule has 28 heavy (non-hydrogen) atoms. The number of likely N-dealkylation sites (N-methyl/N-ethyl adjacent to an activating group) is 1. The van der Waals surface area contributed by atoms with Crippen molar-refractivity contribution in [2.45, 2.75) is 44.6 Å². The van der Waals surface area contributed by atoms with E-state index < -0.39 is 0 Å². The van der Waals surface area contributed by atoms with Crippen LogP contribution in [0, 0.1) is 0 Å². The summed E-state index contributed by atoms with van der Waals surface area (Å²) in [5.74, 6) is 1.93. The van der Waals surface area contributed by atoms with Crippen molar-refractivity contribution in [3.8, 4) is 5.95 Å².